The van der Waals surface area contributed by atoms with Crippen molar-refractivity contribution in [1.82, 2.24) is 15.3 Å². The number of carbonyl (C=O) groups is 2. The second-order valence-corrected chi connectivity index (χ2v) is 3.66. The number of hydrogen-bond acceptors (Lipinski definition) is 4. The fraction of sp³-hybridized carbons (Fsp3) is 0.333. The van der Waals surface area contributed by atoms with E-state index in [1.54, 1.807) is 4.98 Å². The Morgan fingerprint density at radius 2 is 1.95 bits per heavy atom. The van der Waals surface area contributed by atoms with Crippen molar-refractivity contribution >= 4 is 11.9 Å². The number of rotatable bonds is 4. The highest BCUT2D eigenvalue weighted by atomic mass is 19.4. The van der Waals surface area contributed by atoms with E-state index in [0.29, 0.717) is 0 Å². The number of alkyl halides is 3. The Kier molecular flexibility index (Phi) is 4.32. The Morgan fingerprint density at radius 1 is 1.35 bits per heavy atom. The van der Waals surface area contributed by atoms with Crippen molar-refractivity contribution in [3.05, 3.63) is 32.6 Å². The van der Waals surface area contributed by atoms with Crippen LogP contribution in [0.3, 0.4) is 0 Å². The van der Waals surface area contributed by atoms with Crippen LogP contribution in [0.2, 0.25) is 0 Å². The highest BCUT2D eigenvalue weighted by Gasteiger charge is 2.40. The van der Waals surface area contributed by atoms with Gasteiger partial charge in [-0.05, 0) is 0 Å². The monoisotopic (exact) mass is 295 g/mol. The van der Waals surface area contributed by atoms with Gasteiger partial charge in [0.05, 0.1) is 0 Å². The van der Waals surface area contributed by atoms with Crippen LogP contribution in [0.1, 0.15) is 5.56 Å². The summed E-state index contributed by atoms with van der Waals surface area (Å²) in [5, 5.41) is 9.97. The van der Waals surface area contributed by atoms with Gasteiger partial charge in [0, 0.05) is 18.2 Å². The first-order valence-electron chi connectivity index (χ1n) is 5.02. The molecular formula is C9H8F3N3O5. The number of H-pyrrole nitrogens is 2. The Labute approximate surface area is 107 Å². The van der Waals surface area contributed by atoms with Gasteiger partial charge in [0.2, 0.25) is 0 Å². The number of carboxylic acid groups (broad SMARTS) is 1. The summed E-state index contributed by atoms with van der Waals surface area (Å²) < 4.78 is 36.1. The predicted molar refractivity (Wildman–Crippen MR) is 57.0 cm³/mol. The summed E-state index contributed by atoms with van der Waals surface area (Å²) in [4.78, 5) is 47.2. The van der Waals surface area contributed by atoms with E-state index >= 15 is 0 Å². The molecule has 0 aromatic carbocycles. The lowest BCUT2D eigenvalue weighted by Crippen LogP contribution is -2.48. The minimum atomic E-state index is -5.24. The van der Waals surface area contributed by atoms with Gasteiger partial charge in [-0.1, -0.05) is 0 Å². The number of carbonyl (C=O) groups excluding carboxylic acids is 1. The third kappa shape index (κ3) is 3.96. The molecule has 0 aliphatic heterocycles. The molecule has 0 saturated heterocycles. The molecule has 4 N–H and O–H groups in total. The van der Waals surface area contributed by atoms with Crippen LogP contribution in [0, 0.1) is 0 Å². The quantitative estimate of drug-likeness (QED) is 0.550. The molecule has 1 amide bonds. The van der Waals surface area contributed by atoms with Gasteiger partial charge in [-0.3, -0.25) is 14.6 Å². The molecular weight excluding hydrogens is 287 g/mol. The van der Waals surface area contributed by atoms with E-state index in [1.807, 2.05) is 4.98 Å². The number of aromatic amines is 2. The van der Waals surface area contributed by atoms with Crippen molar-refractivity contribution < 1.29 is 27.9 Å². The van der Waals surface area contributed by atoms with Crippen LogP contribution < -0.4 is 16.6 Å². The molecule has 0 spiro atoms. The number of hydrogen-bond donors (Lipinski definition) is 4. The molecule has 1 heterocycles. The number of aliphatic carboxylic acids is 1. The minimum absolute atomic E-state index is 0.292. The van der Waals surface area contributed by atoms with Gasteiger partial charge in [0.1, 0.15) is 6.04 Å². The highest BCUT2D eigenvalue weighted by molar-refractivity contribution is 5.87. The SMILES string of the molecule is O=C(O)C(Cc1c[nH]c(=O)[nH]c1=O)NC(=O)C(F)(F)F. The molecule has 1 rings (SSSR count). The van der Waals surface area contributed by atoms with Gasteiger partial charge in [0.25, 0.3) is 5.56 Å². The zero-order chi connectivity index (χ0) is 15.5. The third-order valence-electron chi connectivity index (χ3n) is 2.18. The Morgan fingerprint density at radius 3 is 2.40 bits per heavy atom. The van der Waals surface area contributed by atoms with Crippen LogP contribution in [-0.4, -0.2) is 39.2 Å². The Bertz CT molecular complexity index is 633. The van der Waals surface area contributed by atoms with E-state index < -0.39 is 41.8 Å². The maximum atomic E-state index is 12.0. The van der Waals surface area contributed by atoms with Gasteiger partial charge in [-0.25, -0.2) is 9.59 Å². The number of halogens is 3. The largest absolute Gasteiger partial charge is 0.480 e. The highest BCUT2D eigenvalue weighted by Crippen LogP contribution is 2.14. The molecule has 0 bridgehead atoms. The molecule has 0 fully saturated rings. The van der Waals surface area contributed by atoms with Crippen LogP contribution in [0.25, 0.3) is 0 Å². The van der Waals surface area contributed by atoms with E-state index in [1.165, 1.54) is 5.32 Å². The lowest BCUT2D eigenvalue weighted by atomic mass is 10.1. The molecule has 8 nitrogen and oxygen atoms in total. The van der Waals surface area contributed by atoms with Crippen molar-refractivity contribution in [3.63, 3.8) is 0 Å². The number of nitrogens with one attached hydrogen (secondary N) is 3. The van der Waals surface area contributed by atoms with E-state index in [4.69, 9.17) is 5.11 Å². The van der Waals surface area contributed by atoms with E-state index in [2.05, 4.69) is 0 Å². The molecule has 1 aromatic rings. The molecule has 0 aliphatic carbocycles. The van der Waals surface area contributed by atoms with Crippen molar-refractivity contribution in [2.24, 2.45) is 0 Å². The van der Waals surface area contributed by atoms with E-state index in [0.717, 1.165) is 6.20 Å². The minimum Gasteiger partial charge on any atom is -0.480 e. The van der Waals surface area contributed by atoms with Gasteiger partial charge < -0.3 is 15.4 Å². The summed E-state index contributed by atoms with van der Waals surface area (Å²) in [6.07, 6.45) is -5.11. The smallest absolute Gasteiger partial charge is 0.471 e. The lowest BCUT2D eigenvalue weighted by Gasteiger charge is -2.15. The molecule has 0 aliphatic rings. The molecule has 11 heteroatoms. The van der Waals surface area contributed by atoms with Gasteiger partial charge >= 0.3 is 23.7 Å². The van der Waals surface area contributed by atoms with E-state index in [9.17, 15) is 32.3 Å². The first-order valence-corrected chi connectivity index (χ1v) is 5.02. The standard InChI is InChI=1S/C9H8F3N3O5/c10-9(11,12)7(19)14-4(6(17)18)1-3-2-13-8(20)15-5(3)16/h2,4H,1H2,(H,14,19)(H,17,18)(H2,13,15,16,20). The molecule has 1 atom stereocenters. The zero-order valence-electron chi connectivity index (χ0n) is 9.58. The molecule has 0 saturated carbocycles. The summed E-state index contributed by atoms with van der Waals surface area (Å²) in [7, 11) is 0. The van der Waals surface area contributed by atoms with Gasteiger partial charge in [-0.2, -0.15) is 13.2 Å². The second-order valence-electron chi connectivity index (χ2n) is 3.66. The molecule has 110 valence electrons. The predicted octanol–water partition coefficient (Wildman–Crippen LogP) is -1.26. The number of amides is 1. The maximum Gasteiger partial charge on any atom is 0.471 e. The van der Waals surface area contributed by atoms with Crippen molar-refractivity contribution in [2.45, 2.75) is 18.6 Å². The van der Waals surface area contributed by atoms with Gasteiger partial charge in [0.15, 0.2) is 0 Å². The second kappa shape index (κ2) is 5.59. The fourth-order valence-electron chi connectivity index (χ4n) is 1.25. The van der Waals surface area contributed by atoms with Crippen molar-refractivity contribution in [3.8, 4) is 0 Å². The first-order chi connectivity index (χ1) is 9.11. The van der Waals surface area contributed by atoms with Gasteiger partial charge in [-0.15, -0.1) is 0 Å². The summed E-state index contributed by atoms with van der Waals surface area (Å²) in [6.45, 7) is 0. The molecule has 20 heavy (non-hydrogen) atoms. The maximum absolute atomic E-state index is 12.0. The summed E-state index contributed by atoms with van der Waals surface area (Å²) in [5.74, 6) is -4.20. The van der Waals surface area contributed by atoms with E-state index in [-0.39, 0.29) is 5.56 Å². The first kappa shape index (κ1) is 15.5. The topological polar surface area (TPSA) is 132 Å². The molecule has 1 unspecified atom stereocenters. The summed E-state index contributed by atoms with van der Waals surface area (Å²) in [5.41, 5.74) is -2.11. The van der Waals surface area contributed by atoms with Crippen LogP contribution >= 0.6 is 0 Å². The summed E-state index contributed by atoms with van der Waals surface area (Å²) in [6, 6.07) is -1.96. The van der Waals surface area contributed by atoms with Crippen LogP contribution in [0.4, 0.5) is 13.2 Å². The van der Waals surface area contributed by atoms with Crippen LogP contribution in [0.5, 0.6) is 0 Å². The third-order valence-corrected chi connectivity index (χ3v) is 2.18. The normalized spacial score (nSPS) is 12.8. The van der Waals surface area contributed by atoms with Crippen molar-refractivity contribution in [1.29, 1.82) is 0 Å². The molecule has 0 radical (unpaired) electrons. The number of aromatic nitrogens is 2. The van der Waals surface area contributed by atoms with Crippen molar-refractivity contribution in [2.75, 3.05) is 0 Å². The average molecular weight is 295 g/mol. The Balaban J connectivity index is 2.94. The van der Waals surface area contributed by atoms with Crippen LogP contribution in [0.15, 0.2) is 15.8 Å². The Hall–Kier alpha value is -2.59. The summed E-state index contributed by atoms with van der Waals surface area (Å²) >= 11 is 0. The lowest BCUT2D eigenvalue weighted by molar-refractivity contribution is -0.175. The zero-order valence-corrected chi connectivity index (χ0v) is 9.58. The van der Waals surface area contributed by atoms with Crippen LogP contribution in [-0.2, 0) is 16.0 Å². The average Bonchev–Trinajstić information content (AvgIpc) is 2.29. The fourth-order valence-corrected chi connectivity index (χ4v) is 1.25. The number of carboxylic acids is 1. The molecule has 1 aromatic heterocycles.